The summed E-state index contributed by atoms with van der Waals surface area (Å²) in [6, 6.07) is 13.1. The Morgan fingerprint density at radius 1 is 0.857 bits per heavy atom. The van der Waals surface area contributed by atoms with Gasteiger partial charge in [0.1, 0.15) is 0 Å². The lowest BCUT2D eigenvalue weighted by Crippen LogP contribution is -2.23. The molecule has 1 heterocycles. The quantitative estimate of drug-likeness (QED) is 0.115. The lowest BCUT2D eigenvalue weighted by atomic mass is 10.1. The topological polar surface area (TPSA) is 67.9 Å². The lowest BCUT2D eigenvalue weighted by molar-refractivity contribution is -0.118. The summed E-state index contributed by atoms with van der Waals surface area (Å²) in [7, 11) is 0. The number of hydrogen-bond donors (Lipinski definition) is 1. The molecule has 1 aliphatic heterocycles. The largest absolute Gasteiger partial charge is 0.489 e. The number of carbonyl (C=O) groups is 2. The Labute approximate surface area is 257 Å². The van der Waals surface area contributed by atoms with Crippen LogP contribution in [0.4, 0.5) is 5.69 Å². The molecule has 0 saturated heterocycles. The second-order valence-electron chi connectivity index (χ2n) is 11.2. The third kappa shape index (κ3) is 11.7. The Bertz CT molecular complexity index is 1150. The number of Topliss-reactive ketones (excluding diaryl/α,β-unsaturated/α-hetero) is 1. The molecule has 0 saturated carbocycles. The van der Waals surface area contributed by atoms with Gasteiger partial charge in [0.05, 0.1) is 18.0 Å². The van der Waals surface area contributed by atoms with Gasteiger partial charge in [-0.05, 0) is 49.4 Å². The molecule has 1 aliphatic rings. The van der Waals surface area contributed by atoms with Crippen molar-refractivity contribution in [3.05, 3.63) is 64.7 Å². The predicted molar refractivity (Wildman–Crippen MR) is 175 cm³/mol. The van der Waals surface area contributed by atoms with Crippen LogP contribution in [0.2, 0.25) is 0 Å². The summed E-state index contributed by atoms with van der Waals surface area (Å²) in [6.07, 6.45) is 15.3. The van der Waals surface area contributed by atoms with Crippen LogP contribution in [0.15, 0.2) is 53.6 Å². The van der Waals surface area contributed by atoms with Gasteiger partial charge in [0, 0.05) is 17.9 Å². The Morgan fingerprint density at radius 2 is 1.52 bits per heavy atom. The summed E-state index contributed by atoms with van der Waals surface area (Å²) in [4.78, 5) is 27.5. The van der Waals surface area contributed by atoms with Crippen LogP contribution in [-0.4, -0.2) is 35.7 Å². The fourth-order valence-electron chi connectivity index (χ4n) is 5.08. The number of allylic oxidation sites excluding steroid dienone is 1. The Kier molecular flexibility index (Phi) is 15.4. The van der Waals surface area contributed by atoms with Crippen molar-refractivity contribution in [3.63, 3.8) is 0 Å². The zero-order valence-corrected chi connectivity index (χ0v) is 26.7. The molecule has 1 amide bonds. The van der Waals surface area contributed by atoms with E-state index in [1.165, 1.54) is 76.8 Å². The number of amides is 1. The first-order chi connectivity index (χ1) is 20.5. The van der Waals surface area contributed by atoms with Gasteiger partial charge in [0.15, 0.2) is 23.9 Å². The van der Waals surface area contributed by atoms with Crippen LogP contribution in [0.3, 0.4) is 0 Å². The monoisotopic (exact) mass is 594 g/mol. The normalized spacial score (nSPS) is 12.7. The third-order valence-corrected chi connectivity index (χ3v) is 8.57. The number of unbranched alkanes of at least 4 members (excludes halogenated alkanes) is 11. The van der Waals surface area contributed by atoms with E-state index in [0.717, 1.165) is 36.5 Å². The van der Waals surface area contributed by atoms with Gasteiger partial charge >= 0.3 is 0 Å². The summed E-state index contributed by atoms with van der Waals surface area (Å²) in [5.41, 5.74) is 3.53. The van der Waals surface area contributed by atoms with E-state index in [1.807, 2.05) is 24.3 Å². The van der Waals surface area contributed by atoms with Crippen molar-refractivity contribution in [2.75, 3.05) is 24.4 Å². The van der Waals surface area contributed by atoms with E-state index in [0.29, 0.717) is 23.7 Å². The summed E-state index contributed by atoms with van der Waals surface area (Å²) >= 11 is 1.78. The minimum absolute atomic E-state index is 0.0899. The van der Waals surface area contributed by atoms with Crippen LogP contribution in [0.1, 0.15) is 114 Å². The minimum Gasteiger partial charge on any atom is -0.489 e. The number of ether oxygens (including phenoxy) is 2. The van der Waals surface area contributed by atoms with E-state index in [2.05, 4.69) is 29.5 Å². The molecule has 0 aliphatic carbocycles. The van der Waals surface area contributed by atoms with Crippen molar-refractivity contribution in [1.29, 1.82) is 0 Å². The van der Waals surface area contributed by atoms with E-state index >= 15 is 0 Å². The van der Waals surface area contributed by atoms with Crippen LogP contribution < -0.4 is 14.8 Å². The van der Waals surface area contributed by atoms with Crippen molar-refractivity contribution in [2.24, 2.45) is 0 Å². The first-order valence-electron chi connectivity index (χ1n) is 15.8. The highest BCUT2D eigenvalue weighted by Gasteiger charge is 2.17. The smallest absolute Gasteiger partial charge is 0.262 e. The van der Waals surface area contributed by atoms with Crippen LogP contribution in [0.25, 0.3) is 0 Å². The average molecular weight is 595 g/mol. The van der Waals surface area contributed by atoms with Gasteiger partial charge in [-0.15, -0.1) is 11.8 Å². The Morgan fingerprint density at radius 3 is 2.17 bits per heavy atom. The number of nitrogens with zero attached hydrogens (tertiary/aromatic N) is 1. The first kappa shape index (κ1) is 33.6. The number of rotatable bonds is 21. The van der Waals surface area contributed by atoms with Crippen molar-refractivity contribution < 1.29 is 19.1 Å². The van der Waals surface area contributed by atoms with Crippen molar-refractivity contribution in [1.82, 2.24) is 4.90 Å². The van der Waals surface area contributed by atoms with E-state index in [4.69, 9.17) is 9.47 Å². The highest BCUT2D eigenvalue weighted by Crippen LogP contribution is 2.32. The molecule has 0 bridgehead atoms. The zero-order valence-electron chi connectivity index (χ0n) is 25.9. The number of nitrogens with one attached hydrogen (secondary N) is 1. The predicted octanol–water partition coefficient (Wildman–Crippen LogP) is 9.35. The lowest BCUT2D eigenvalue weighted by Gasteiger charge is -2.21. The maximum absolute atomic E-state index is 12.9. The standard InChI is InChI=1S/C35H50N2O4S/c1-4-5-6-7-8-9-10-11-12-13-14-17-23-40-35-31(29(3)38)20-18-22-33(35)41-25-34(39)36-32-21-16-15-19-30(32)24-37-27-42-26-28(37)2/h15-16,18-22,26H,4-14,17,23-25,27H2,1-3H3,(H,36,39). The van der Waals surface area contributed by atoms with E-state index < -0.39 is 0 Å². The van der Waals surface area contributed by atoms with Gasteiger partial charge in [0.2, 0.25) is 0 Å². The third-order valence-electron chi connectivity index (χ3n) is 7.60. The molecular weight excluding hydrogens is 544 g/mol. The summed E-state index contributed by atoms with van der Waals surface area (Å²) < 4.78 is 12.0. The van der Waals surface area contributed by atoms with Crippen LogP contribution in [0.5, 0.6) is 11.5 Å². The minimum atomic E-state index is -0.259. The first-order valence-corrected chi connectivity index (χ1v) is 16.8. The molecule has 6 nitrogen and oxygen atoms in total. The Balaban J connectivity index is 1.43. The molecule has 0 unspecified atom stereocenters. The summed E-state index contributed by atoms with van der Waals surface area (Å²) in [5.74, 6) is 1.40. The molecule has 3 rings (SSSR count). The fraction of sp³-hybridized carbons (Fsp3) is 0.543. The number of carbonyl (C=O) groups excluding carboxylic acids is 2. The molecule has 7 heteroatoms. The van der Waals surface area contributed by atoms with Crippen LogP contribution in [-0.2, 0) is 11.3 Å². The van der Waals surface area contributed by atoms with Crippen molar-refractivity contribution in [3.8, 4) is 11.5 Å². The molecule has 0 spiro atoms. The summed E-state index contributed by atoms with van der Waals surface area (Å²) in [6.45, 7) is 6.95. The molecule has 0 radical (unpaired) electrons. The number of ketones is 1. The molecule has 42 heavy (non-hydrogen) atoms. The second kappa shape index (κ2) is 19.3. The van der Waals surface area contributed by atoms with Gasteiger partial charge in [-0.25, -0.2) is 0 Å². The molecule has 0 fully saturated rings. The Hall–Kier alpha value is -2.93. The molecule has 2 aromatic carbocycles. The van der Waals surface area contributed by atoms with E-state index in [9.17, 15) is 9.59 Å². The number of thioether (sulfide) groups is 1. The number of hydrogen-bond acceptors (Lipinski definition) is 6. The zero-order chi connectivity index (χ0) is 30.0. The maximum atomic E-state index is 12.9. The van der Waals surface area contributed by atoms with Gasteiger partial charge in [0.25, 0.3) is 5.91 Å². The number of para-hydroxylation sites is 2. The van der Waals surface area contributed by atoms with E-state index in [1.54, 1.807) is 30.0 Å². The van der Waals surface area contributed by atoms with Gasteiger partial charge < -0.3 is 19.7 Å². The molecule has 230 valence electrons. The van der Waals surface area contributed by atoms with E-state index in [-0.39, 0.29) is 18.3 Å². The summed E-state index contributed by atoms with van der Waals surface area (Å²) in [5, 5.41) is 5.15. The van der Waals surface area contributed by atoms with Crippen LogP contribution >= 0.6 is 11.8 Å². The van der Waals surface area contributed by atoms with Gasteiger partial charge in [-0.3, -0.25) is 9.59 Å². The number of benzene rings is 2. The van der Waals surface area contributed by atoms with Gasteiger partial charge in [-0.1, -0.05) is 102 Å². The maximum Gasteiger partial charge on any atom is 0.262 e. The molecule has 2 aromatic rings. The molecule has 0 aromatic heterocycles. The van der Waals surface area contributed by atoms with Gasteiger partial charge in [-0.2, -0.15) is 0 Å². The second-order valence-corrected chi connectivity index (χ2v) is 12.0. The molecule has 0 atom stereocenters. The highest BCUT2D eigenvalue weighted by molar-refractivity contribution is 8.02. The fourth-order valence-corrected chi connectivity index (χ4v) is 6.02. The molecular formula is C35H50N2O4S. The van der Waals surface area contributed by atoms with Crippen molar-refractivity contribution in [2.45, 2.75) is 104 Å². The highest BCUT2D eigenvalue weighted by atomic mass is 32.2. The van der Waals surface area contributed by atoms with Crippen LogP contribution in [0, 0.1) is 0 Å². The SMILES string of the molecule is CCCCCCCCCCCCCCOc1c(OCC(=O)Nc2ccccc2CN2CSC=C2C)cccc1C(C)=O. The molecule has 1 N–H and O–H groups in total. The number of anilines is 1. The average Bonchev–Trinajstić information content (AvgIpc) is 3.39. The van der Waals surface area contributed by atoms with Crippen molar-refractivity contribution >= 4 is 29.1 Å².